The second kappa shape index (κ2) is 6.23. The summed E-state index contributed by atoms with van der Waals surface area (Å²) in [7, 11) is 1.56. The molecule has 1 fully saturated rings. The van der Waals surface area contributed by atoms with Gasteiger partial charge < -0.3 is 5.32 Å². The van der Waals surface area contributed by atoms with Crippen LogP contribution in [0.25, 0.3) is 0 Å². The molecule has 0 radical (unpaired) electrons. The van der Waals surface area contributed by atoms with Gasteiger partial charge in [-0.3, -0.25) is 4.98 Å². The summed E-state index contributed by atoms with van der Waals surface area (Å²) in [6.45, 7) is 2.01. The van der Waals surface area contributed by atoms with Crippen molar-refractivity contribution in [3.05, 3.63) is 29.1 Å². The predicted molar refractivity (Wildman–Crippen MR) is 76.5 cm³/mol. The van der Waals surface area contributed by atoms with Crippen LogP contribution in [0.4, 0.5) is 8.78 Å². The van der Waals surface area contributed by atoms with Gasteiger partial charge in [0.25, 0.3) is 5.66 Å². The Hall–Kier alpha value is -0.600. The first-order valence-corrected chi connectivity index (χ1v) is 7.37. The van der Waals surface area contributed by atoms with Gasteiger partial charge in [-0.05, 0) is 37.3 Å². The summed E-state index contributed by atoms with van der Waals surface area (Å²) >= 11 is 0. The number of pyridine rings is 1. The molecule has 0 aromatic carbocycles. The zero-order valence-electron chi connectivity index (χ0n) is 11.3. The molecule has 2 nitrogen and oxygen atoms in total. The van der Waals surface area contributed by atoms with E-state index in [1.54, 1.807) is 9.24 Å². The van der Waals surface area contributed by atoms with E-state index in [2.05, 4.69) is 16.4 Å². The standard InChI is InChI=1S/C14H21F2N2P/c1-10-6-7-12(11-4-2-3-5-11)13(18-10)8-17-9-14(15,16)19/h6-7,11,17H,2-5,8-9,19H2,1H3. The second-order valence-electron chi connectivity index (χ2n) is 5.33. The lowest BCUT2D eigenvalue weighted by atomic mass is 9.95. The smallest absolute Gasteiger partial charge is 0.271 e. The fraction of sp³-hybridized carbons (Fsp3) is 0.643. The Balaban J connectivity index is 2.06. The SMILES string of the molecule is Cc1ccc(C2CCCC2)c(CNCC(F)(F)P)n1. The molecule has 1 unspecified atom stereocenters. The molecule has 1 atom stereocenters. The number of aryl methyl sites for hydroxylation is 1. The molecule has 0 aliphatic heterocycles. The largest absolute Gasteiger partial charge is 0.305 e. The van der Waals surface area contributed by atoms with Crippen LogP contribution in [0.5, 0.6) is 0 Å². The van der Waals surface area contributed by atoms with Gasteiger partial charge in [0, 0.05) is 12.2 Å². The molecule has 1 aromatic rings. The molecular formula is C14H21F2N2P. The highest BCUT2D eigenvalue weighted by molar-refractivity contribution is 7.18. The Morgan fingerprint density at radius 2 is 2.05 bits per heavy atom. The van der Waals surface area contributed by atoms with Crippen LogP contribution in [-0.4, -0.2) is 17.2 Å². The maximum absolute atomic E-state index is 12.8. The Morgan fingerprint density at radius 3 is 2.68 bits per heavy atom. The second-order valence-corrected chi connectivity index (χ2v) is 6.18. The van der Waals surface area contributed by atoms with E-state index in [9.17, 15) is 8.78 Å². The molecule has 106 valence electrons. The quantitative estimate of drug-likeness (QED) is 0.836. The van der Waals surface area contributed by atoms with Crippen LogP contribution in [0.3, 0.4) is 0 Å². The first-order valence-electron chi connectivity index (χ1n) is 6.79. The summed E-state index contributed by atoms with van der Waals surface area (Å²) in [5.41, 5.74) is 0.358. The third-order valence-electron chi connectivity index (χ3n) is 3.60. The molecular weight excluding hydrogens is 265 g/mol. The van der Waals surface area contributed by atoms with Crippen molar-refractivity contribution in [3.63, 3.8) is 0 Å². The number of nitrogens with zero attached hydrogens (tertiary/aromatic N) is 1. The maximum atomic E-state index is 12.8. The zero-order chi connectivity index (χ0) is 13.9. The summed E-state index contributed by atoms with van der Waals surface area (Å²) in [5, 5.41) is 2.80. The van der Waals surface area contributed by atoms with Crippen molar-refractivity contribution >= 4 is 9.24 Å². The van der Waals surface area contributed by atoms with Gasteiger partial charge in [-0.2, -0.15) is 0 Å². The van der Waals surface area contributed by atoms with Gasteiger partial charge in [0.1, 0.15) is 0 Å². The first kappa shape index (κ1) is 14.8. The van der Waals surface area contributed by atoms with Crippen molar-refractivity contribution in [3.8, 4) is 0 Å². The number of aromatic nitrogens is 1. The van der Waals surface area contributed by atoms with E-state index in [4.69, 9.17) is 0 Å². The third kappa shape index (κ3) is 4.47. The molecule has 0 saturated heterocycles. The van der Waals surface area contributed by atoms with Gasteiger partial charge in [0.05, 0.1) is 12.2 Å². The molecule has 0 bridgehead atoms. The van der Waals surface area contributed by atoms with Crippen molar-refractivity contribution in [2.24, 2.45) is 0 Å². The van der Waals surface area contributed by atoms with Gasteiger partial charge in [-0.25, -0.2) is 8.78 Å². The van der Waals surface area contributed by atoms with Crippen LogP contribution < -0.4 is 5.32 Å². The van der Waals surface area contributed by atoms with E-state index in [1.807, 2.05) is 13.0 Å². The summed E-state index contributed by atoms with van der Waals surface area (Å²) in [5.74, 6) is 0.557. The molecule has 0 spiro atoms. The third-order valence-corrected chi connectivity index (χ3v) is 3.80. The highest BCUT2D eigenvalue weighted by atomic mass is 31.0. The summed E-state index contributed by atoms with van der Waals surface area (Å²) < 4.78 is 25.6. The average Bonchev–Trinajstić information content (AvgIpc) is 2.81. The van der Waals surface area contributed by atoms with E-state index in [1.165, 1.54) is 31.2 Å². The van der Waals surface area contributed by atoms with Gasteiger partial charge in [-0.15, -0.1) is 0 Å². The normalized spacial score (nSPS) is 17.1. The fourth-order valence-electron chi connectivity index (χ4n) is 2.72. The molecule has 1 aromatic heterocycles. The van der Waals surface area contributed by atoms with Gasteiger partial charge in [0.2, 0.25) is 0 Å². The van der Waals surface area contributed by atoms with Crippen LogP contribution in [0, 0.1) is 6.92 Å². The molecule has 0 amide bonds. The molecule has 19 heavy (non-hydrogen) atoms. The lowest BCUT2D eigenvalue weighted by molar-refractivity contribution is 0.103. The molecule has 1 N–H and O–H groups in total. The van der Waals surface area contributed by atoms with Crippen LogP contribution in [-0.2, 0) is 6.54 Å². The summed E-state index contributed by atoms with van der Waals surface area (Å²) in [6.07, 6.45) is 4.90. The van der Waals surface area contributed by atoms with Crippen molar-refractivity contribution < 1.29 is 8.78 Å². The Bertz CT molecular complexity index is 426. The van der Waals surface area contributed by atoms with Crippen LogP contribution >= 0.6 is 9.24 Å². The van der Waals surface area contributed by atoms with Crippen LogP contribution in [0.2, 0.25) is 0 Å². The number of alkyl halides is 2. The van der Waals surface area contributed by atoms with E-state index < -0.39 is 5.66 Å². The Morgan fingerprint density at radius 1 is 1.37 bits per heavy atom. The van der Waals surface area contributed by atoms with Crippen molar-refractivity contribution in [1.29, 1.82) is 0 Å². The minimum Gasteiger partial charge on any atom is -0.305 e. The van der Waals surface area contributed by atoms with E-state index in [0.29, 0.717) is 12.5 Å². The van der Waals surface area contributed by atoms with Gasteiger partial charge >= 0.3 is 0 Å². The predicted octanol–water partition coefficient (Wildman–Crippen LogP) is 3.61. The molecule has 5 heteroatoms. The maximum Gasteiger partial charge on any atom is 0.271 e. The summed E-state index contributed by atoms with van der Waals surface area (Å²) in [6, 6.07) is 4.13. The number of halogens is 2. The Labute approximate surface area is 115 Å². The van der Waals surface area contributed by atoms with Crippen molar-refractivity contribution in [2.45, 2.75) is 50.7 Å². The van der Waals surface area contributed by atoms with Gasteiger partial charge in [0.15, 0.2) is 0 Å². The van der Waals surface area contributed by atoms with Crippen molar-refractivity contribution in [1.82, 2.24) is 10.3 Å². The number of hydrogen-bond acceptors (Lipinski definition) is 2. The average molecular weight is 286 g/mol. The fourth-order valence-corrected chi connectivity index (χ4v) is 2.86. The lowest BCUT2D eigenvalue weighted by Crippen LogP contribution is -2.28. The molecule has 1 saturated carbocycles. The zero-order valence-corrected chi connectivity index (χ0v) is 12.4. The van der Waals surface area contributed by atoms with Crippen molar-refractivity contribution in [2.75, 3.05) is 6.54 Å². The topological polar surface area (TPSA) is 24.9 Å². The minimum absolute atomic E-state index is 0.336. The highest BCUT2D eigenvalue weighted by Crippen LogP contribution is 2.35. The van der Waals surface area contributed by atoms with Crippen LogP contribution in [0.15, 0.2) is 12.1 Å². The first-order chi connectivity index (χ1) is 8.96. The monoisotopic (exact) mass is 286 g/mol. The van der Waals surface area contributed by atoms with E-state index in [-0.39, 0.29) is 6.54 Å². The van der Waals surface area contributed by atoms with Gasteiger partial charge in [-0.1, -0.05) is 28.1 Å². The highest BCUT2D eigenvalue weighted by Gasteiger charge is 2.23. The molecule has 1 aliphatic rings. The molecule has 2 rings (SSSR count). The number of hydrogen-bond donors (Lipinski definition) is 1. The number of nitrogens with one attached hydrogen (secondary N) is 1. The summed E-state index contributed by atoms with van der Waals surface area (Å²) in [4.78, 5) is 4.52. The molecule has 1 heterocycles. The molecule has 1 aliphatic carbocycles. The van der Waals surface area contributed by atoms with Crippen LogP contribution in [0.1, 0.15) is 48.6 Å². The lowest BCUT2D eigenvalue weighted by Gasteiger charge is -2.17. The minimum atomic E-state index is -2.75. The van der Waals surface area contributed by atoms with E-state index >= 15 is 0 Å². The van der Waals surface area contributed by atoms with E-state index in [0.717, 1.165) is 11.4 Å². The number of rotatable bonds is 5. The Kier molecular flexibility index (Phi) is 4.86.